The van der Waals surface area contributed by atoms with Crippen LogP contribution in [0.4, 0.5) is 0 Å². The summed E-state index contributed by atoms with van der Waals surface area (Å²) in [4.78, 5) is 12.8. The smallest absolute Gasteiger partial charge is 0.226 e. The summed E-state index contributed by atoms with van der Waals surface area (Å²) in [5.74, 6) is 3.63. The van der Waals surface area contributed by atoms with Gasteiger partial charge in [-0.25, -0.2) is 0 Å². The molecular formula is C21H29NO2. The monoisotopic (exact) mass is 327 g/mol. The Balaban J connectivity index is 1.28. The molecule has 130 valence electrons. The van der Waals surface area contributed by atoms with Gasteiger partial charge in [0.1, 0.15) is 12.4 Å². The summed E-state index contributed by atoms with van der Waals surface area (Å²) in [6, 6.07) is 6.15. The molecule has 0 aliphatic heterocycles. The lowest BCUT2D eigenvalue weighted by Crippen LogP contribution is -2.54. The predicted molar refractivity (Wildman–Crippen MR) is 95.0 cm³/mol. The Kier molecular flexibility index (Phi) is 4.06. The molecule has 4 bridgehead atoms. The molecule has 4 fully saturated rings. The van der Waals surface area contributed by atoms with Gasteiger partial charge in [0.25, 0.3) is 0 Å². The third-order valence-corrected chi connectivity index (χ3v) is 6.65. The first-order valence-corrected chi connectivity index (χ1v) is 9.52. The molecule has 4 aliphatic rings. The number of hydrogen-bond acceptors (Lipinski definition) is 2. The van der Waals surface area contributed by atoms with Crippen molar-refractivity contribution in [3.63, 3.8) is 0 Å². The Morgan fingerprint density at radius 2 is 1.71 bits per heavy atom. The second kappa shape index (κ2) is 6.09. The molecule has 0 heterocycles. The molecule has 0 aromatic heterocycles. The van der Waals surface area contributed by atoms with E-state index in [1.165, 1.54) is 30.4 Å². The molecule has 3 heteroatoms. The van der Waals surface area contributed by atoms with Crippen LogP contribution in [0.3, 0.4) is 0 Å². The third kappa shape index (κ3) is 2.94. The fourth-order valence-electron chi connectivity index (χ4n) is 5.71. The largest absolute Gasteiger partial charge is 0.492 e. The van der Waals surface area contributed by atoms with Gasteiger partial charge in [0, 0.05) is 5.41 Å². The molecule has 1 amide bonds. The van der Waals surface area contributed by atoms with Crippen molar-refractivity contribution in [2.24, 2.45) is 23.2 Å². The van der Waals surface area contributed by atoms with E-state index in [2.05, 4.69) is 31.3 Å². The summed E-state index contributed by atoms with van der Waals surface area (Å²) in [6.07, 6.45) is 7.52. The standard InChI is InChI=1S/C21H29NO2/c1-14-3-4-19(7-15(14)2)24-6-5-22-20(23)21-11-16-8-17(12-21)10-18(9-16)13-21/h3-4,7,16-18H,5-6,8-13H2,1-2H3,(H,22,23). The van der Waals surface area contributed by atoms with E-state index in [1.54, 1.807) is 0 Å². The first-order valence-electron chi connectivity index (χ1n) is 9.52. The van der Waals surface area contributed by atoms with Crippen LogP contribution in [0.15, 0.2) is 18.2 Å². The van der Waals surface area contributed by atoms with E-state index in [0.29, 0.717) is 19.1 Å². The first kappa shape index (κ1) is 16.0. The van der Waals surface area contributed by atoms with Gasteiger partial charge in [-0.2, -0.15) is 0 Å². The molecule has 0 spiro atoms. The lowest BCUT2D eigenvalue weighted by Gasteiger charge is -2.55. The van der Waals surface area contributed by atoms with Gasteiger partial charge in [0.05, 0.1) is 6.54 Å². The molecule has 1 aromatic carbocycles. The molecule has 0 radical (unpaired) electrons. The number of benzene rings is 1. The van der Waals surface area contributed by atoms with Crippen molar-refractivity contribution >= 4 is 5.91 Å². The van der Waals surface area contributed by atoms with Crippen LogP contribution in [0.5, 0.6) is 5.75 Å². The van der Waals surface area contributed by atoms with Crippen LogP contribution in [0.25, 0.3) is 0 Å². The highest BCUT2D eigenvalue weighted by Gasteiger charge is 2.54. The van der Waals surface area contributed by atoms with Gasteiger partial charge < -0.3 is 10.1 Å². The number of amides is 1. The number of ether oxygens (including phenoxy) is 1. The topological polar surface area (TPSA) is 38.3 Å². The molecule has 4 saturated carbocycles. The maximum atomic E-state index is 12.8. The number of rotatable bonds is 5. The van der Waals surface area contributed by atoms with Crippen LogP contribution in [0, 0.1) is 37.0 Å². The highest BCUT2D eigenvalue weighted by molar-refractivity contribution is 5.83. The van der Waals surface area contributed by atoms with Crippen LogP contribution in [-0.4, -0.2) is 19.1 Å². The summed E-state index contributed by atoms with van der Waals surface area (Å²) >= 11 is 0. The van der Waals surface area contributed by atoms with Crippen LogP contribution < -0.4 is 10.1 Å². The lowest BCUT2D eigenvalue weighted by atomic mass is 9.49. The number of carbonyl (C=O) groups is 1. The molecule has 24 heavy (non-hydrogen) atoms. The average molecular weight is 327 g/mol. The Morgan fingerprint density at radius 3 is 2.29 bits per heavy atom. The van der Waals surface area contributed by atoms with E-state index >= 15 is 0 Å². The molecule has 1 N–H and O–H groups in total. The number of nitrogens with one attached hydrogen (secondary N) is 1. The summed E-state index contributed by atoms with van der Waals surface area (Å²) < 4.78 is 5.80. The minimum Gasteiger partial charge on any atom is -0.492 e. The molecular weight excluding hydrogens is 298 g/mol. The van der Waals surface area contributed by atoms with Crippen molar-refractivity contribution in [2.45, 2.75) is 52.4 Å². The number of aryl methyl sites for hydroxylation is 2. The van der Waals surface area contributed by atoms with E-state index in [-0.39, 0.29) is 5.41 Å². The maximum absolute atomic E-state index is 12.8. The predicted octanol–water partition coefficient (Wildman–Crippen LogP) is 4.01. The zero-order valence-electron chi connectivity index (χ0n) is 14.9. The van der Waals surface area contributed by atoms with Crippen molar-refractivity contribution in [1.29, 1.82) is 0 Å². The summed E-state index contributed by atoms with van der Waals surface area (Å²) in [7, 11) is 0. The number of carbonyl (C=O) groups excluding carboxylic acids is 1. The van der Waals surface area contributed by atoms with Gasteiger partial charge in [-0.05, 0) is 93.4 Å². The van der Waals surface area contributed by atoms with Gasteiger partial charge in [-0.3, -0.25) is 4.79 Å². The summed E-state index contributed by atoms with van der Waals surface area (Å²) in [6.45, 7) is 5.34. The first-order chi connectivity index (χ1) is 11.5. The SMILES string of the molecule is Cc1ccc(OCCNC(=O)C23CC4CC(CC(C4)C2)C3)cc1C. The van der Waals surface area contributed by atoms with Crippen LogP contribution in [0.2, 0.25) is 0 Å². The van der Waals surface area contributed by atoms with E-state index in [0.717, 1.165) is 42.8 Å². The minimum atomic E-state index is -0.0464. The third-order valence-electron chi connectivity index (χ3n) is 6.65. The molecule has 0 saturated heterocycles. The van der Waals surface area contributed by atoms with Gasteiger partial charge in [0.2, 0.25) is 5.91 Å². The van der Waals surface area contributed by atoms with Crippen molar-refractivity contribution < 1.29 is 9.53 Å². The highest BCUT2D eigenvalue weighted by atomic mass is 16.5. The van der Waals surface area contributed by atoms with E-state index in [4.69, 9.17) is 4.74 Å². The Hall–Kier alpha value is -1.51. The maximum Gasteiger partial charge on any atom is 0.226 e. The molecule has 4 aliphatic carbocycles. The quantitative estimate of drug-likeness (QED) is 0.830. The van der Waals surface area contributed by atoms with Crippen molar-refractivity contribution in [2.75, 3.05) is 13.2 Å². The zero-order chi connectivity index (χ0) is 16.7. The summed E-state index contributed by atoms with van der Waals surface area (Å²) in [5, 5.41) is 3.17. The normalized spacial score (nSPS) is 33.5. The molecule has 5 rings (SSSR count). The Morgan fingerprint density at radius 1 is 1.08 bits per heavy atom. The highest BCUT2D eigenvalue weighted by Crippen LogP contribution is 2.60. The molecule has 1 aromatic rings. The van der Waals surface area contributed by atoms with Gasteiger partial charge in [-0.1, -0.05) is 6.07 Å². The van der Waals surface area contributed by atoms with Crippen molar-refractivity contribution in [3.05, 3.63) is 29.3 Å². The Bertz CT molecular complexity index is 601. The van der Waals surface area contributed by atoms with Gasteiger partial charge in [-0.15, -0.1) is 0 Å². The Labute approximate surface area is 145 Å². The van der Waals surface area contributed by atoms with Crippen molar-refractivity contribution in [1.82, 2.24) is 5.32 Å². The second-order valence-electron chi connectivity index (χ2n) is 8.55. The van der Waals surface area contributed by atoms with Gasteiger partial charge in [0.15, 0.2) is 0 Å². The minimum absolute atomic E-state index is 0.0464. The molecule has 3 nitrogen and oxygen atoms in total. The zero-order valence-corrected chi connectivity index (χ0v) is 14.9. The van der Waals surface area contributed by atoms with Crippen LogP contribution >= 0.6 is 0 Å². The molecule has 0 unspecified atom stereocenters. The fourth-order valence-corrected chi connectivity index (χ4v) is 5.71. The fraction of sp³-hybridized carbons (Fsp3) is 0.667. The lowest BCUT2D eigenvalue weighted by molar-refractivity contribution is -0.146. The van der Waals surface area contributed by atoms with E-state index in [1.807, 2.05) is 6.07 Å². The van der Waals surface area contributed by atoms with Gasteiger partial charge >= 0.3 is 0 Å². The van der Waals surface area contributed by atoms with Crippen LogP contribution in [-0.2, 0) is 4.79 Å². The average Bonchev–Trinajstić information content (AvgIpc) is 2.53. The van der Waals surface area contributed by atoms with E-state index < -0.39 is 0 Å². The second-order valence-corrected chi connectivity index (χ2v) is 8.55. The number of hydrogen-bond donors (Lipinski definition) is 1. The van der Waals surface area contributed by atoms with Crippen LogP contribution in [0.1, 0.15) is 49.7 Å². The molecule has 0 atom stereocenters. The van der Waals surface area contributed by atoms with E-state index in [9.17, 15) is 4.79 Å². The summed E-state index contributed by atoms with van der Waals surface area (Å²) in [5.41, 5.74) is 2.47. The van der Waals surface area contributed by atoms with Crippen molar-refractivity contribution in [3.8, 4) is 5.75 Å².